The van der Waals surface area contributed by atoms with E-state index in [0.29, 0.717) is 44.1 Å². The lowest BCUT2D eigenvalue weighted by atomic mass is 10.1. The minimum Gasteiger partial charge on any atom is -0.439 e. The lowest BCUT2D eigenvalue weighted by Crippen LogP contribution is -2.37. The van der Waals surface area contributed by atoms with Crippen LogP contribution in [0.15, 0.2) is 54.7 Å². The summed E-state index contributed by atoms with van der Waals surface area (Å²) in [4.78, 5) is 38.1. The molecule has 3 amide bonds. The van der Waals surface area contributed by atoms with Crippen molar-refractivity contribution in [1.82, 2.24) is 20.6 Å². The van der Waals surface area contributed by atoms with Gasteiger partial charge < -0.3 is 20.7 Å². The molecule has 4 aromatic rings. The normalized spacial score (nSPS) is 16.9. The zero-order chi connectivity index (χ0) is 23.9. The van der Waals surface area contributed by atoms with Gasteiger partial charge >= 0.3 is 6.03 Å². The van der Waals surface area contributed by atoms with Gasteiger partial charge in [0.2, 0.25) is 5.88 Å². The summed E-state index contributed by atoms with van der Waals surface area (Å²) in [7, 11) is 0. The van der Waals surface area contributed by atoms with Gasteiger partial charge in [-0.2, -0.15) is 0 Å². The van der Waals surface area contributed by atoms with Gasteiger partial charge in [0.05, 0.1) is 28.1 Å². The average molecular weight is 487 g/mol. The quantitative estimate of drug-likeness (QED) is 0.381. The first kappa shape index (κ1) is 21.5. The van der Waals surface area contributed by atoms with Crippen LogP contribution in [0.25, 0.3) is 10.2 Å². The molecule has 0 radical (unpaired) electrons. The Labute approximate surface area is 205 Å². The molecular weight excluding hydrogens is 464 g/mol. The first-order chi connectivity index (χ1) is 17.1. The fourth-order valence-corrected chi connectivity index (χ4v) is 5.47. The van der Waals surface area contributed by atoms with E-state index in [1.807, 2.05) is 43.3 Å². The standard InChI is InChI=1S/C25H22N6O3S/c1-14-17(7-8-19(28-14)34-16-5-3-2-4-6-16)31-18-10-12-27-24-20(18)21(30-25(31)33)22(35-24)23(32)29-15-9-11-26-13-15/h2-8,10,12,15,26H,9,11,13H2,1H3,(H,29,32)(H,30,33)/t15-/m1/s1. The van der Waals surface area contributed by atoms with Gasteiger partial charge in [0.25, 0.3) is 5.91 Å². The predicted octanol–water partition coefficient (Wildman–Crippen LogP) is 4.57. The third-order valence-electron chi connectivity index (χ3n) is 6.09. The lowest BCUT2D eigenvalue weighted by molar-refractivity contribution is 0.0945. The monoisotopic (exact) mass is 486 g/mol. The van der Waals surface area contributed by atoms with Crippen LogP contribution in [-0.4, -0.2) is 41.0 Å². The summed E-state index contributed by atoms with van der Waals surface area (Å²) in [6, 6.07) is 14.4. The molecule has 1 aromatic carbocycles. The van der Waals surface area contributed by atoms with Crippen LogP contribution < -0.4 is 25.6 Å². The van der Waals surface area contributed by atoms with E-state index in [0.717, 1.165) is 24.9 Å². The van der Waals surface area contributed by atoms with Crippen molar-refractivity contribution in [3.05, 3.63) is 65.3 Å². The zero-order valence-electron chi connectivity index (χ0n) is 18.9. The molecule has 1 saturated heterocycles. The Morgan fingerprint density at radius 3 is 2.80 bits per heavy atom. The molecule has 10 heteroatoms. The highest BCUT2D eigenvalue weighted by atomic mass is 32.1. The van der Waals surface area contributed by atoms with E-state index in [2.05, 4.69) is 25.9 Å². The fraction of sp³-hybridized carbons (Fsp3) is 0.200. The summed E-state index contributed by atoms with van der Waals surface area (Å²) in [5.74, 6) is 0.920. The topological polar surface area (TPSA) is 108 Å². The molecule has 0 unspecified atom stereocenters. The highest BCUT2D eigenvalue weighted by Gasteiger charge is 2.34. The Hall–Kier alpha value is -4.02. The molecule has 0 bridgehead atoms. The molecular formula is C25H22N6O3S. The predicted molar refractivity (Wildman–Crippen MR) is 135 cm³/mol. The number of hydrogen-bond donors (Lipinski definition) is 3. The molecule has 5 heterocycles. The van der Waals surface area contributed by atoms with Crippen LogP contribution in [-0.2, 0) is 0 Å². The molecule has 35 heavy (non-hydrogen) atoms. The maximum Gasteiger partial charge on any atom is 0.331 e. The average Bonchev–Trinajstić information content (AvgIpc) is 3.50. The third-order valence-corrected chi connectivity index (χ3v) is 7.18. The van der Waals surface area contributed by atoms with Gasteiger partial charge in [-0.05, 0) is 44.2 Å². The van der Waals surface area contributed by atoms with E-state index >= 15 is 0 Å². The minimum atomic E-state index is -0.360. The number of benzene rings is 1. The SMILES string of the molecule is Cc1nc(Oc2ccccc2)ccc1N1C(=O)Nc2c(C(=O)N[C@@H]3CCNC3)sc3nccc1c23. The first-order valence-corrected chi connectivity index (χ1v) is 12.1. The number of amides is 3. The van der Waals surface area contributed by atoms with Gasteiger partial charge in [0.1, 0.15) is 15.5 Å². The maximum absolute atomic E-state index is 13.3. The van der Waals surface area contributed by atoms with Crippen LogP contribution in [0.5, 0.6) is 11.6 Å². The summed E-state index contributed by atoms with van der Waals surface area (Å²) >= 11 is 1.28. The number of aromatic nitrogens is 2. The molecule has 3 N–H and O–H groups in total. The van der Waals surface area contributed by atoms with E-state index in [1.54, 1.807) is 23.2 Å². The van der Waals surface area contributed by atoms with Crippen molar-refractivity contribution in [2.75, 3.05) is 23.3 Å². The molecule has 6 rings (SSSR count). The van der Waals surface area contributed by atoms with Gasteiger partial charge in [0, 0.05) is 24.8 Å². The summed E-state index contributed by atoms with van der Waals surface area (Å²) in [6.07, 6.45) is 2.54. The largest absolute Gasteiger partial charge is 0.439 e. The molecule has 2 aliphatic heterocycles. The molecule has 176 valence electrons. The van der Waals surface area contributed by atoms with E-state index in [1.165, 1.54) is 11.3 Å². The number of urea groups is 1. The van der Waals surface area contributed by atoms with Crippen molar-refractivity contribution in [3.63, 3.8) is 0 Å². The first-order valence-electron chi connectivity index (χ1n) is 11.3. The van der Waals surface area contributed by atoms with Crippen LogP contribution in [0.4, 0.5) is 21.9 Å². The van der Waals surface area contributed by atoms with Gasteiger partial charge in [-0.15, -0.1) is 11.3 Å². The number of para-hydroxylation sites is 1. The highest BCUT2D eigenvalue weighted by molar-refractivity contribution is 7.21. The van der Waals surface area contributed by atoms with Crippen molar-refractivity contribution < 1.29 is 14.3 Å². The van der Waals surface area contributed by atoms with Crippen molar-refractivity contribution >= 4 is 50.6 Å². The second kappa shape index (κ2) is 8.64. The van der Waals surface area contributed by atoms with E-state index < -0.39 is 0 Å². The zero-order valence-corrected chi connectivity index (χ0v) is 19.7. The lowest BCUT2D eigenvalue weighted by Gasteiger charge is -2.29. The molecule has 1 atom stereocenters. The van der Waals surface area contributed by atoms with E-state index in [-0.39, 0.29) is 18.0 Å². The smallest absolute Gasteiger partial charge is 0.331 e. The number of thiophene rings is 1. The number of pyridine rings is 2. The van der Waals surface area contributed by atoms with Gasteiger partial charge in [-0.25, -0.2) is 14.8 Å². The van der Waals surface area contributed by atoms with Crippen LogP contribution in [0.2, 0.25) is 0 Å². The summed E-state index contributed by atoms with van der Waals surface area (Å²) < 4.78 is 5.84. The Bertz CT molecular complexity index is 1450. The molecule has 3 aromatic heterocycles. The van der Waals surface area contributed by atoms with Crippen molar-refractivity contribution in [2.45, 2.75) is 19.4 Å². The Balaban J connectivity index is 1.36. The number of nitrogens with zero attached hydrogens (tertiary/aromatic N) is 3. The fourth-order valence-electron chi connectivity index (χ4n) is 4.45. The molecule has 0 saturated carbocycles. The van der Waals surface area contributed by atoms with Gasteiger partial charge in [-0.1, -0.05) is 18.2 Å². The van der Waals surface area contributed by atoms with Crippen molar-refractivity contribution in [2.24, 2.45) is 0 Å². The Morgan fingerprint density at radius 2 is 2.03 bits per heavy atom. The number of anilines is 3. The number of carbonyl (C=O) groups excluding carboxylic acids is 2. The summed E-state index contributed by atoms with van der Waals surface area (Å²) in [6.45, 7) is 3.45. The minimum absolute atomic E-state index is 0.0773. The molecule has 0 spiro atoms. The number of ether oxygens (including phenoxy) is 1. The third kappa shape index (κ3) is 3.86. The Morgan fingerprint density at radius 1 is 1.17 bits per heavy atom. The number of rotatable bonds is 5. The number of aryl methyl sites for hydroxylation is 1. The molecule has 9 nitrogen and oxygen atoms in total. The van der Waals surface area contributed by atoms with Crippen molar-refractivity contribution in [1.29, 1.82) is 0 Å². The van der Waals surface area contributed by atoms with Crippen molar-refractivity contribution in [3.8, 4) is 11.6 Å². The second-order valence-corrected chi connectivity index (χ2v) is 9.41. The second-order valence-electron chi connectivity index (χ2n) is 8.41. The van der Waals surface area contributed by atoms with E-state index in [9.17, 15) is 9.59 Å². The number of hydrogen-bond acceptors (Lipinski definition) is 7. The number of nitrogens with one attached hydrogen (secondary N) is 3. The van der Waals surface area contributed by atoms with Gasteiger partial charge in [0.15, 0.2) is 0 Å². The Kier molecular flexibility index (Phi) is 5.31. The van der Waals surface area contributed by atoms with E-state index in [4.69, 9.17) is 4.74 Å². The van der Waals surface area contributed by atoms with Crippen LogP contribution in [0.1, 0.15) is 21.8 Å². The van der Waals surface area contributed by atoms with Crippen LogP contribution >= 0.6 is 11.3 Å². The van der Waals surface area contributed by atoms with Crippen LogP contribution in [0.3, 0.4) is 0 Å². The molecule has 1 fully saturated rings. The maximum atomic E-state index is 13.3. The summed E-state index contributed by atoms with van der Waals surface area (Å²) in [5.41, 5.74) is 2.42. The van der Waals surface area contributed by atoms with Crippen LogP contribution in [0, 0.1) is 6.92 Å². The molecule has 0 aliphatic carbocycles. The van der Waals surface area contributed by atoms with Gasteiger partial charge in [-0.3, -0.25) is 9.69 Å². The number of carbonyl (C=O) groups is 2. The molecule has 2 aliphatic rings. The summed E-state index contributed by atoms with van der Waals surface area (Å²) in [5, 5.41) is 9.98. The highest BCUT2D eigenvalue weighted by Crippen LogP contribution is 2.46.